The van der Waals surface area contributed by atoms with Crippen molar-refractivity contribution in [3.05, 3.63) is 48.0 Å². The summed E-state index contributed by atoms with van der Waals surface area (Å²) in [5.74, 6) is 0.582. The van der Waals surface area contributed by atoms with Crippen molar-refractivity contribution in [3.63, 3.8) is 0 Å². The lowest BCUT2D eigenvalue weighted by atomic mass is 10.0. The number of para-hydroxylation sites is 1. The number of hydrogen-bond donors (Lipinski definition) is 0. The minimum Gasteiger partial charge on any atom is -0.456 e. The lowest BCUT2D eigenvalue weighted by Crippen LogP contribution is -2.58. The first-order chi connectivity index (χ1) is 13.0. The monoisotopic (exact) mass is 384 g/mol. The number of rotatable bonds is 3. The summed E-state index contributed by atoms with van der Waals surface area (Å²) in [6.45, 7) is 5.66. The van der Waals surface area contributed by atoms with Crippen molar-refractivity contribution in [2.75, 3.05) is 31.1 Å². The van der Waals surface area contributed by atoms with Gasteiger partial charge in [0.2, 0.25) is 0 Å². The molecule has 6 heteroatoms. The minimum absolute atomic E-state index is 0.0977. The normalized spacial score (nSPS) is 26.0. The predicted octanol–water partition coefficient (Wildman–Crippen LogP) is 2.89. The Kier molecular flexibility index (Phi) is 4.04. The predicted molar refractivity (Wildman–Crippen MR) is 108 cm³/mol. The van der Waals surface area contributed by atoms with Crippen LogP contribution in [0.1, 0.15) is 12.5 Å². The number of piperazine rings is 1. The SMILES string of the molecule is CCN1CCN(Cc2ccc3oc4ccccc4c3c2)[C@H]2CS(=O)(=O)C[C@H]21. The number of likely N-dealkylation sites (N-methyl/N-ethyl adjacent to an activating group) is 1. The summed E-state index contributed by atoms with van der Waals surface area (Å²) in [6.07, 6.45) is 0. The zero-order valence-electron chi connectivity index (χ0n) is 15.5. The first kappa shape index (κ1) is 17.2. The molecule has 2 saturated heterocycles. The number of hydrogen-bond acceptors (Lipinski definition) is 5. The second-order valence-electron chi connectivity index (χ2n) is 7.74. The van der Waals surface area contributed by atoms with E-state index in [1.54, 1.807) is 0 Å². The van der Waals surface area contributed by atoms with Gasteiger partial charge in [-0.1, -0.05) is 31.2 Å². The van der Waals surface area contributed by atoms with Crippen molar-refractivity contribution in [1.82, 2.24) is 9.80 Å². The molecule has 0 bridgehead atoms. The standard InChI is InChI=1S/C21H24N2O3S/c1-2-22-9-10-23(19-14-27(24,25)13-18(19)22)12-15-7-8-21-17(11-15)16-5-3-4-6-20(16)26-21/h3-8,11,18-19H,2,9-10,12-14H2,1H3/t18-,19+/m1/s1. The van der Waals surface area contributed by atoms with E-state index in [9.17, 15) is 8.42 Å². The second kappa shape index (κ2) is 6.33. The van der Waals surface area contributed by atoms with Gasteiger partial charge in [0.15, 0.2) is 9.84 Å². The molecule has 0 unspecified atom stereocenters. The van der Waals surface area contributed by atoms with Gasteiger partial charge in [0.25, 0.3) is 0 Å². The maximum Gasteiger partial charge on any atom is 0.153 e. The van der Waals surface area contributed by atoms with Gasteiger partial charge in [-0.15, -0.1) is 0 Å². The van der Waals surface area contributed by atoms with E-state index < -0.39 is 9.84 Å². The highest BCUT2D eigenvalue weighted by Crippen LogP contribution is 2.31. The van der Waals surface area contributed by atoms with Gasteiger partial charge in [0.05, 0.1) is 11.5 Å². The highest BCUT2D eigenvalue weighted by molar-refractivity contribution is 7.91. The average molecular weight is 385 g/mol. The third kappa shape index (κ3) is 2.96. The molecule has 2 aliphatic rings. The van der Waals surface area contributed by atoms with Crippen LogP contribution in [0.2, 0.25) is 0 Å². The molecule has 3 aromatic rings. The Morgan fingerprint density at radius 2 is 1.67 bits per heavy atom. The van der Waals surface area contributed by atoms with Crippen LogP contribution in [0.4, 0.5) is 0 Å². The van der Waals surface area contributed by atoms with Crippen LogP contribution >= 0.6 is 0 Å². The van der Waals surface area contributed by atoms with Gasteiger partial charge in [-0.3, -0.25) is 9.80 Å². The molecule has 1 aromatic heterocycles. The van der Waals surface area contributed by atoms with Gasteiger partial charge < -0.3 is 4.42 Å². The van der Waals surface area contributed by atoms with Crippen molar-refractivity contribution in [3.8, 4) is 0 Å². The molecule has 2 aromatic carbocycles. The Morgan fingerprint density at radius 3 is 2.48 bits per heavy atom. The van der Waals surface area contributed by atoms with Crippen molar-refractivity contribution in [1.29, 1.82) is 0 Å². The zero-order valence-corrected chi connectivity index (χ0v) is 16.3. The zero-order chi connectivity index (χ0) is 18.6. The molecule has 0 radical (unpaired) electrons. The van der Waals surface area contributed by atoms with Crippen LogP contribution in [0.15, 0.2) is 46.9 Å². The molecule has 0 spiro atoms. The highest BCUT2D eigenvalue weighted by atomic mass is 32.2. The third-order valence-corrected chi connectivity index (χ3v) is 7.84. The van der Waals surface area contributed by atoms with Gasteiger partial charge in [-0.25, -0.2) is 8.42 Å². The van der Waals surface area contributed by atoms with Crippen LogP contribution in [0.5, 0.6) is 0 Å². The van der Waals surface area contributed by atoms with Crippen molar-refractivity contribution in [2.24, 2.45) is 0 Å². The smallest absolute Gasteiger partial charge is 0.153 e. The number of furan rings is 1. The molecular formula is C21H24N2O3S. The first-order valence-corrected chi connectivity index (χ1v) is 11.4. The molecular weight excluding hydrogens is 360 g/mol. The summed E-state index contributed by atoms with van der Waals surface area (Å²) in [5.41, 5.74) is 3.02. The molecule has 27 heavy (non-hydrogen) atoms. The lowest BCUT2D eigenvalue weighted by molar-refractivity contribution is 0.0439. The maximum atomic E-state index is 12.3. The van der Waals surface area contributed by atoms with E-state index in [0.29, 0.717) is 5.75 Å². The van der Waals surface area contributed by atoms with E-state index in [2.05, 4.69) is 34.9 Å². The quantitative estimate of drug-likeness (QED) is 0.695. The molecule has 5 rings (SSSR count). The van der Waals surface area contributed by atoms with Gasteiger partial charge in [0.1, 0.15) is 11.2 Å². The summed E-state index contributed by atoms with van der Waals surface area (Å²) in [5, 5.41) is 2.26. The van der Waals surface area contributed by atoms with Crippen molar-refractivity contribution < 1.29 is 12.8 Å². The average Bonchev–Trinajstić information content (AvgIpc) is 3.18. The van der Waals surface area contributed by atoms with Gasteiger partial charge >= 0.3 is 0 Å². The number of fused-ring (bicyclic) bond motifs is 4. The van der Waals surface area contributed by atoms with Gasteiger partial charge in [0, 0.05) is 42.5 Å². The Balaban J connectivity index is 1.46. The second-order valence-corrected chi connectivity index (χ2v) is 9.89. The fourth-order valence-electron chi connectivity index (χ4n) is 4.79. The molecule has 5 nitrogen and oxygen atoms in total. The molecule has 0 aliphatic carbocycles. The third-order valence-electron chi connectivity index (χ3n) is 6.14. The Bertz CT molecular complexity index is 1110. The van der Waals surface area contributed by atoms with Crippen LogP contribution in [0.3, 0.4) is 0 Å². The van der Waals surface area contributed by atoms with Crippen LogP contribution < -0.4 is 0 Å². The molecule has 2 fully saturated rings. The summed E-state index contributed by atoms with van der Waals surface area (Å²) in [7, 11) is -2.95. The van der Waals surface area contributed by atoms with E-state index in [0.717, 1.165) is 48.1 Å². The Labute approximate surface area is 159 Å². The van der Waals surface area contributed by atoms with Crippen molar-refractivity contribution >= 4 is 31.8 Å². The Morgan fingerprint density at radius 1 is 0.963 bits per heavy atom. The fourth-order valence-corrected chi connectivity index (χ4v) is 6.83. The van der Waals surface area contributed by atoms with E-state index in [-0.39, 0.29) is 17.8 Å². The molecule has 2 aliphatic heterocycles. The molecule has 3 heterocycles. The molecule has 142 valence electrons. The number of sulfone groups is 1. The maximum absolute atomic E-state index is 12.3. The van der Waals surface area contributed by atoms with Crippen molar-refractivity contribution in [2.45, 2.75) is 25.6 Å². The van der Waals surface area contributed by atoms with E-state index >= 15 is 0 Å². The molecule has 0 amide bonds. The Hall–Kier alpha value is -1.89. The summed E-state index contributed by atoms with van der Waals surface area (Å²) < 4.78 is 30.5. The van der Waals surface area contributed by atoms with Gasteiger partial charge in [-0.2, -0.15) is 0 Å². The lowest BCUT2D eigenvalue weighted by Gasteiger charge is -2.43. The summed E-state index contributed by atoms with van der Waals surface area (Å²) in [6, 6.07) is 14.7. The van der Waals surface area contributed by atoms with E-state index in [1.165, 1.54) is 5.56 Å². The topological polar surface area (TPSA) is 53.8 Å². The van der Waals surface area contributed by atoms with E-state index in [4.69, 9.17) is 4.42 Å². The van der Waals surface area contributed by atoms with Gasteiger partial charge in [-0.05, 0) is 30.3 Å². The first-order valence-electron chi connectivity index (χ1n) is 9.63. The number of nitrogens with zero attached hydrogens (tertiary/aromatic N) is 2. The highest BCUT2D eigenvalue weighted by Gasteiger charge is 2.45. The largest absolute Gasteiger partial charge is 0.456 e. The summed E-state index contributed by atoms with van der Waals surface area (Å²) >= 11 is 0. The van der Waals surface area contributed by atoms with Crippen LogP contribution in [0, 0.1) is 0 Å². The van der Waals surface area contributed by atoms with E-state index in [1.807, 2.05) is 24.3 Å². The fraction of sp³-hybridized carbons (Fsp3) is 0.429. The molecule has 0 saturated carbocycles. The molecule has 2 atom stereocenters. The minimum atomic E-state index is -2.95. The van der Waals surface area contributed by atoms with Crippen LogP contribution in [-0.4, -0.2) is 61.4 Å². The molecule has 0 N–H and O–H groups in total. The summed E-state index contributed by atoms with van der Waals surface area (Å²) in [4.78, 5) is 4.70. The van der Waals surface area contributed by atoms with Crippen LogP contribution in [0.25, 0.3) is 21.9 Å². The number of benzene rings is 2. The van der Waals surface area contributed by atoms with Crippen LogP contribution in [-0.2, 0) is 16.4 Å².